The first-order chi connectivity index (χ1) is 12.8. The van der Waals surface area contributed by atoms with Crippen LogP contribution < -0.4 is 20.9 Å². The van der Waals surface area contributed by atoms with Crippen LogP contribution in [0.5, 0.6) is 5.75 Å². The molecule has 0 aliphatic rings. The van der Waals surface area contributed by atoms with Crippen molar-refractivity contribution in [1.82, 2.24) is 16.2 Å². The van der Waals surface area contributed by atoms with Crippen LogP contribution in [0.3, 0.4) is 0 Å². The molecule has 0 spiro atoms. The molecule has 3 N–H and O–H groups in total. The first kappa shape index (κ1) is 20.6. The summed E-state index contributed by atoms with van der Waals surface area (Å²) in [5, 5.41) is 4.35. The number of aryl methyl sites for hydroxylation is 2. The molecule has 1 atom stereocenters. The van der Waals surface area contributed by atoms with Gasteiger partial charge in [-0.2, -0.15) is 0 Å². The van der Waals surface area contributed by atoms with Crippen LogP contribution in [0.1, 0.15) is 22.9 Å². The van der Waals surface area contributed by atoms with E-state index in [1.165, 1.54) is 17.4 Å². The fourth-order valence-corrected chi connectivity index (χ4v) is 2.76. The second-order valence-corrected chi connectivity index (χ2v) is 7.18. The van der Waals surface area contributed by atoms with Crippen molar-refractivity contribution in [2.45, 2.75) is 26.9 Å². The Balaban J connectivity index is 1.75. The number of rotatable bonds is 5. The smallest absolute Gasteiger partial charge is 0.279 e. The minimum atomic E-state index is -0.739. The SMILES string of the molecule is Cc1ccc(OC(C)C(=O)NNC(=S)NC(=O)/C=C/c2cccs2)cc1C. The molecular weight excluding hydrogens is 382 g/mol. The van der Waals surface area contributed by atoms with E-state index >= 15 is 0 Å². The van der Waals surface area contributed by atoms with E-state index in [0.29, 0.717) is 5.75 Å². The maximum absolute atomic E-state index is 12.1. The van der Waals surface area contributed by atoms with Crippen molar-refractivity contribution in [3.63, 3.8) is 0 Å². The predicted octanol–water partition coefficient (Wildman–Crippen LogP) is 2.87. The average molecular weight is 404 g/mol. The number of amides is 2. The van der Waals surface area contributed by atoms with Crippen LogP contribution >= 0.6 is 23.6 Å². The minimum absolute atomic E-state index is 0.0115. The fraction of sp³-hybridized carbons (Fsp3) is 0.211. The van der Waals surface area contributed by atoms with Gasteiger partial charge in [-0.15, -0.1) is 11.3 Å². The molecule has 1 heterocycles. The van der Waals surface area contributed by atoms with Crippen LogP contribution in [0.25, 0.3) is 6.08 Å². The molecule has 0 saturated carbocycles. The number of hydrazine groups is 1. The molecule has 2 rings (SSSR count). The van der Waals surface area contributed by atoms with Gasteiger partial charge in [-0.3, -0.25) is 25.8 Å². The monoisotopic (exact) mass is 403 g/mol. The fourth-order valence-electron chi connectivity index (χ4n) is 1.99. The van der Waals surface area contributed by atoms with Crippen LogP contribution in [0.15, 0.2) is 41.8 Å². The van der Waals surface area contributed by atoms with Crippen LogP contribution in [0, 0.1) is 13.8 Å². The van der Waals surface area contributed by atoms with E-state index in [9.17, 15) is 9.59 Å². The van der Waals surface area contributed by atoms with Gasteiger partial charge >= 0.3 is 0 Å². The zero-order chi connectivity index (χ0) is 19.8. The largest absolute Gasteiger partial charge is 0.481 e. The predicted molar refractivity (Wildman–Crippen MR) is 111 cm³/mol. The third-order valence-corrected chi connectivity index (χ3v) is 4.68. The highest BCUT2D eigenvalue weighted by Gasteiger charge is 2.15. The summed E-state index contributed by atoms with van der Waals surface area (Å²) in [6.45, 7) is 5.60. The summed E-state index contributed by atoms with van der Waals surface area (Å²) in [7, 11) is 0. The molecule has 0 fully saturated rings. The zero-order valence-electron chi connectivity index (χ0n) is 15.2. The Bertz CT molecular complexity index is 848. The number of carbonyl (C=O) groups excluding carboxylic acids is 2. The van der Waals surface area contributed by atoms with Gasteiger partial charge in [0.2, 0.25) is 5.91 Å². The molecule has 1 unspecified atom stereocenters. The van der Waals surface area contributed by atoms with Gasteiger partial charge < -0.3 is 4.74 Å². The molecule has 0 aliphatic heterocycles. The van der Waals surface area contributed by atoms with Crippen molar-refractivity contribution in [3.05, 3.63) is 57.8 Å². The van der Waals surface area contributed by atoms with Crippen molar-refractivity contribution in [1.29, 1.82) is 0 Å². The first-order valence-corrected chi connectivity index (χ1v) is 9.50. The third-order valence-electron chi connectivity index (χ3n) is 3.64. The summed E-state index contributed by atoms with van der Waals surface area (Å²) in [4.78, 5) is 24.8. The van der Waals surface area contributed by atoms with Crippen LogP contribution in [-0.2, 0) is 9.59 Å². The summed E-state index contributed by atoms with van der Waals surface area (Å²) < 4.78 is 5.61. The van der Waals surface area contributed by atoms with Crippen molar-refractivity contribution >= 4 is 46.6 Å². The Hall–Kier alpha value is -2.71. The van der Waals surface area contributed by atoms with Gasteiger partial charge in [-0.25, -0.2) is 0 Å². The lowest BCUT2D eigenvalue weighted by molar-refractivity contribution is -0.128. The molecule has 0 aliphatic carbocycles. The normalized spacial score (nSPS) is 11.7. The van der Waals surface area contributed by atoms with E-state index in [-0.39, 0.29) is 5.11 Å². The van der Waals surface area contributed by atoms with E-state index < -0.39 is 17.9 Å². The van der Waals surface area contributed by atoms with E-state index in [1.807, 2.05) is 49.6 Å². The summed E-state index contributed by atoms with van der Waals surface area (Å²) in [6, 6.07) is 9.40. The molecule has 0 radical (unpaired) electrons. The van der Waals surface area contributed by atoms with Crippen molar-refractivity contribution in [2.24, 2.45) is 0 Å². The Labute approximate surface area is 167 Å². The van der Waals surface area contributed by atoms with Gasteiger partial charge in [0.15, 0.2) is 11.2 Å². The number of hydrogen-bond acceptors (Lipinski definition) is 5. The Morgan fingerprint density at radius 1 is 1.19 bits per heavy atom. The van der Waals surface area contributed by atoms with Crippen molar-refractivity contribution in [2.75, 3.05) is 0 Å². The Morgan fingerprint density at radius 2 is 1.96 bits per heavy atom. The lowest BCUT2D eigenvalue weighted by Crippen LogP contribution is -2.51. The molecule has 1 aromatic heterocycles. The molecule has 1 aromatic carbocycles. The van der Waals surface area contributed by atoms with Crippen molar-refractivity contribution < 1.29 is 14.3 Å². The average Bonchev–Trinajstić information content (AvgIpc) is 3.14. The van der Waals surface area contributed by atoms with Crippen LogP contribution in [0.2, 0.25) is 0 Å². The van der Waals surface area contributed by atoms with Gasteiger partial charge in [-0.05, 0) is 73.8 Å². The highest BCUT2D eigenvalue weighted by molar-refractivity contribution is 7.80. The minimum Gasteiger partial charge on any atom is -0.481 e. The third kappa shape index (κ3) is 6.84. The number of ether oxygens (including phenoxy) is 1. The molecule has 2 aromatic rings. The number of nitrogens with one attached hydrogen (secondary N) is 3. The number of benzene rings is 1. The lowest BCUT2D eigenvalue weighted by Gasteiger charge is -2.16. The zero-order valence-corrected chi connectivity index (χ0v) is 16.9. The number of thiophene rings is 1. The van der Waals surface area contributed by atoms with Gasteiger partial charge in [-0.1, -0.05) is 12.1 Å². The highest BCUT2D eigenvalue weighted by Crippen LogP contribution is 2.17. The van der Waals surface area contributed by atoms with Crippen molar-refractivity contribution in [3.8, 4) is 5.75 Å². The molecular formula is C19H21N3O3S2. The highest BCUT2D eigenvalue weighted by atomic mass is 32.1. The molecule has 27 heavy (non-hydrogen) atoms. The van der Waals surface area contributed by atoms with E-state index in [0.717, 1.165) is 16.0 Å². The molecule has 0 bridgehead atoms. The van der Waals surface area contributed by atoms with Gasteiger partial charge in [0.1, 0.15) is 5.75 Å². The van der Waals surface area contributed by atoms with E-state index in [2.05, 4.69) is 16.2 Å². The second-order valence-electron chi connectivity index (χ2n) is 5.79. The summed E-state index contributed by atoms with van der Waals surface area (Å²) in [5.41, 5.74) is 7.12. The second kappa shape index (κ2) is 9.84. The first-order valence-electron chi connectivity index (χ1n) is 8.21. The number of hydrogen-bond donors (Lipinski definition) is 3. The molecule has 8 heteroatoms. The van der Waals surface area contributed by atoms with Crippen LogP contribution in [0.4, 0.5) is 0 Å². The standard InChI is InChI=1S/C19H21N3O3S2/c1-12-6-7-15(11-13(12)2)25-14(3)18(24)21-22-19(26)20-17(23)9-8-16-5-4-10-27-16/h4-11,14H,1-3H3,(H,21,24)(H2,20,22,23,26)/b9-8+. The number of carbonyl (C=O) groups is 2. The summed E-state index contributed by atoms with van der Waals surface area (Å²) in [6.07, 6.45) is 2.31. The van der Waals surface area contributed by atoms with E-state index in [4.69, 9.17) is 17.0 Å². The van der Waals surface area contributed by atoms with Gasteiger partial charge in [0.25, 0.3) is 5.91 Å². The molecule has 2 amide bonds. The maximum Gasteiger partial charge on any atom is 0.279 e. The Morgan fingerprint density at radius 3 is 2.63 bits per heavy atom. The maximum atomic E-state index is 12.1. The Kier molecular flexibility index (Phi) is 7.51. The van der Waals surface area contributed by atoms with Crippen LogP contribution in [-0.4, -0.2) is 23.0 Å². The number of thiocarbonyl (C=S) groups is 1. The quantitative estimate of drug-likeness (QED) is 0.406. The molecule has 6 nitrogen and oxygen atoms in total. The van der Waals surface area contributed by atoms with Gasteiger partial charge in [0.05, 0.1) is 0 Å². The molecule has 142 valence electrons. The van der Waals surface area contributed by atoms with E-state index in [1.54, 1.807) is 13.0 Å². The summed E-state index contributed by atoms with van der Waals surface area (Å²) >= 11 is 6.50. The topological polar surface area (TPSA) is 79.5 Å². The lowest BCUT2D eigenvalue weighted by atomic mass is 10.1. The summed E-state index contributed by atoms with van der Waals surface area (Å²) in [5.74, 6) is -0.205. The molecule has 0 saturated heterocycles. The van der Waals surface area contributed by atoms with Gasteiger partial charge in [0, 0.05) is 11.0 Å².